The molecule has 16 heavy (non-hydrogen) atoms. The smallest absolute Gasteiger partial charge is 0.112 e. The molecule has 0 aliphatic carbocycles. The van der Waals surface area contributed by atoms with E-state index in [1.54, 1.807) is 0 Å². The minimum absolute atomic E-state index is 0.0243. The Morgan fingerprint density at radius 1 is 1.19 bits per heavy atom. The van der Waals surface area contributed by atoms with Gasteiger partial charge in [0.05, 0.1) is 5.69 Å². The molecule has 0 fully saturated rings. The van der Waals surface area contributed by atoms with E-state index < -0.39 is 0 Å². The van der Waals surface area contributed by atoms with Crippen LogP contribution in [-0.4, -0.2) is 11.6 Å². The lowest BCUT2D eigenvalue weighted by Gasteiger charge is -2.41. The first kappa shape index (κ1) is 13.2. The molecule has 1 unspecified atom stereocenters. The molecular weight excluding hydrogens is 198 g/mol. The van der Waals surface area contributed by atoms with Gasteiger partial charge in [0.2, 0.25) is 0 Å². The molecule has 2 nitrogen and oxygen atoms in total. The van der Waals surface area contributed by atoms with Crippen LogP contribution in [0.4, 0.5) is 0 Å². The average molecular weight is 221 g/mol. The van der Waals surface area contributed by atoms with Crippen LogP contribution in [0.5, 0.6) is 0 Å². The van der Waals surface area contributed by atoms with Gasteiger partial charge in [0.25, 0.3) is 0 Å². The largest absolute Gasteiger partial charge is 0.368 e. The van der Waals surface area contributed by atoms with Crippen molar-refractivity contribution in [3.63, 3.8) is 0 Å². The van der Waals surface area contributed by atoms with Crippen molar-refractivity contribution in [3.05, 3.63) is 30.1 Å². The van der Waals surface area contributed by atoms with Crippen molar-refractivity contribution in [1.29, 1.82) is 0 Å². The maximum absolute atomic E-state index is 6.07. The Kier molecular flexibility index (Phi) is 4.09. The van der Waals surface area contributed by atoms with Gasteiger partial charge >= 0.3 is 0 Å². The highest BCUT2D eigenvalue weighted by atomic mass is 16.5. The van der Waals surface area contributed by atoms with Gasteiger partial charge in [0, 0.05) is 12.8 Å². The second kappa shape index (κ2) is 4.96. The molecular formula is C14H23NO. The van der Waals surface area contributed by atoms with E-state index in [1.165, 1.54) is 0 Å². The summed E-state index contributed by atoms with van der Waals surface area (Å²) in [5.74, 6) is 0. The fourth-order valence-corrected chi connectivity index (χ4v) is 1.63. The summed E-state index contributed by atoms with van der Waals surface area (Å²) in [5, 5.41) is 0. The molecule has 0 amide bonds. The van der Waals surface area contributed by atoms with Gasteiger partial charge < -0.3 is 4.74 Å². The topological polar surface area (TPSA) is 22.1 Å². The molecule has 0 saturated carbocycles. The molecule has 0 radical (unpaired) electrons. The van der Waals surface area contributed by atoms with Crippen LogP contribution in [0.25, 0.3) is 0 Å². The lowest BCUT2D eigenvalue weighted by molar-refractivity contribution is -0.113. The van der Waals surface area contributed by atoms with Crippen LogP contribution in [0.3, 0.4) is 0 Å². The summed E-state index contributed by atoms with van der Waals surface area (Å²) < 4.78 is 6.07. The third-order valence-electron chi connectivity index (χ3n) is 3.18. The number of pyridine rings is 1. The van der Waals surface area contributed by atoms with Gasteiger partial charge in [-0.15, -0.1) is 0 Å². The molecule has 1 atom stereocenters. The molecule has 0 aromatic carbocycles. The first-order valence-corrected chi connectivity index (χ1v) is 5.97. The van der Waals surface area contributed by atoms with Crippen LogP contribution < -0.4 is 0 Å². The quantitative estimate of drug-likeness (QED) is 0.772. The summed E-state index contributed by atoms with van der Waals surface area (Å²) in [4.78, 5) is 4.45. The van der Waals surface area contributed by atoms with Crippen molar-refractivity contribution in [2.45, 2.75) is 46.6 Å². The molecule has 0 bridgehead atoms. The van der Waals surface area contributed by atoms with Crippen LogP contribution in [0.2, 0.25) is 0 Å². The minimum atomic E-state index is -0.329. The third-order valence-corrected chi connectivity index (χ3v) is 3.18. The van der Waals surface area contributed by atoms with E-state index >= 15 is 0 Å². The van der Waals surface area contributed by atoms with E-state index in [4.69, 9.17) is 4.74 Å². The van der Waals surface area contributed by atoms with Crippen molar-refractivity contribution in [2.75, 3.05) is 6.61 Å². The lowest BCUT2D eigenvalue weighted by atomic mass is 9.75. The van der Waals surface area contributed by atoms with Crippen molar-refractivity contribution in [2.24, 2.45) is 5.41 Å². The fraction of sp³-hybridized carbons (Fsp3) is 0.643. The first-order valence-electron chi connectivity index (χ1n) is 5.97. The Morgan fingerprint density at radius 2 is 1.88 bits per heavy atom. The number of hydrogen-bond donors (Lipinski definition) is 0. The van der Waals surface area contributed by atoms with Crippen LogP contribution >= 0.6 is 0 Å². The molecule has 0 aliphatic heterocycles. The van der Waals surface area contributed by atoms with Crippen molar-refractivity contribution >= 4 is 0 Å². The van der Waals surface area contributed by atoms with E-state index in [2.05, 4.69) is 39.6 Å². The summed E-state index contributed by atoms with van der Waals surface area (Å²) in [7, 11) is 0. The van der Waals surface area contributed by atoms with E-state index in [-0.39, 0.29) is 11.0 Å². The monoisotopic (exact) mass is 221 g/mol. The Morgan fingerprint density at radius 3 is 2.31 bits per heavy atom. The number of nitrogens with zero attached hydrogens (tertiary/aromatic N) is 1. The predicted octanol–water partition coefficient (Wildman–Crippen LogP) is 3.77. The van der Waals surface area contributed by atoms with E-state index in [0.717, 1.165) is 18.7 Å². The zero-order valence-electron chi connectivity index (χ0n) is 11.1. The number of hydrogen-bond acceptors (Lipinski definition) is 2. The SMILES string of the molecule is CCCOC(C)(c1ccccn1)C(C)(C)C. The maximum Gasteiger partial charge on any atom is 0.112 e. The average Bonchev–Trinajstić information content (AvgIpc) is 2.25. The predicted molar refractivity (Wildman–Crippen MR) is 67.3 cm³/mol. The second-order valence-electron chi connectivity index (χ2n) is 5.35. The standard InChI is InChI=1S/C14H23NO/c1-6-11-16-14(5,13(2,3)4)12-9-7-8-10-15-12/h7-10H,6,11H2,1-5H3. The molecule has 0 saturated heterocycles. The minimum Gasteiger partial charge on any atom is -0.368 e. The van der Waals surface area contributed by atoms with Gasteiger partial charge in [-0.05, 0) is 30.9 Å². The van der Waals surface area contributed by atoms with Gasteiger partial charge in [-0.1, -0.05) is 33.8 Å². The van der Waals surface area contributed by atoms with E-state index in [1.807, 2.05) is 24.4 Å². The normalized spacial score (nSPS) is 15.8. The van der Waals surface area contributed by atoms with Gasteiger partial charge in [0.1, 0.15) is 5.60 Å². The van der Waals surface area contributed by atoms with Gasteiger partial charge in [-0.2, -0.15) is 0 Å². The summed E-state index contributed by atoms with van der Waals surface area (Å²) >= 11 is 0. The summed E-state index contributed by atoms with van der Waals surface area (Å²) in [5.41, 5.74) is 0.705. The molecule has 90 valence electrons. The molecule has 2 heteroatoms. The van der Waals surface area contributed by atoms with Crippen molar-refractivity contribution in [1.82, 2.24) is 4.98 Å². The molecule has 0 N–H and O–H groups in total. The highest BCUT2D eigenvalue weighted by Gasteiger charge is 2.41. The molecule has 1 aromatic heterocycles. The van der Waals surface area contributed by atoms with Gasteiger partial charge in [-0.3, -0.25) is 4.98 Å². The first-order chi connectivity index (χ1) is 7.42. The van der Waals surface area contributed by atoms with Crippen LogP contribution in [0.1, 0.15) is 46.7 Å². The van der Waals surface area contributed by atoms with Crippen LogP contribution in [-0.2, 0) is 10.3 Å². The molecule has 0 aliphatic rings. The zero-order valence-corrected chi connectivity index (χ0v) is 11.1. The number of aromatic nitrogens is 1. The number of rotatable bonds is 4. The maximum atomic E-state index is 6.07. The summed E-state index contributed by atoms with van der Waals surface area (Å²) in [6, 6.07) is 5.99. The van der Waals surface area contributed by atoms with Crippen LogP contribution in [0, 0.1) is 5.41 Å². The highest BCUT2D eigenvalue weighted by molar-refractivity contribution is 5.15. The van der Waals surface area contributed by atoms with Gasteiger partial charge in [0.15, 0.2) is 0 Å². The molecule has 0 spiro atoms. The Labute approximate surface area is 99.0 Å². The Bertz CT molecular complexity index is 315. The summed E-state index contributed by atoms with van der Waals surface area (Å²) in [6.45, 7) is 11.6. The molecule has 1 aromatic rings. The second-order valence-corrected chi connectivity index (χ2v) is 5.35. The zero-order chi connectivity index (χ0) is 12.2. The van der Waals surface area contributed by atoms with Crippen molar-refractivity contribution < 1.29 is 4.74 Å². The third kappa shape index (κ3) is 2.62. The Balaban J connectivity index is 3.05. The van der Waals surface area contributed by atoms with Crippen molar-refractivity contribution in [3.8, 4) is 0 Å². The molecule has 1 rings (SSSR count). The Hall–Kier alpha value is -0.890. The van der Waals surface area contributed by atoms with Gasteiger partial charge in [-0.25, -0.2) is 0 Å². The highest BCUT2D eigenvalue weighted by Crippen LogP contribution is 2.41. The summed E-state index contributed by atoms with van der Waals surface area (Å²) in [6.07, 6.45) is 2.85. The lowest BCUT2D eigenvalue weighted by Crippen LogP contribution is -2.40. The molecule has 1 heterocycles. The van der Waals surface area contributed by atoms with E-state index in [9.17, 15) is 0 Å². The van der Waals surface area contributed by atoms with Crippen LogP contribution in [0.15, 0.2) is 24.4 Å². The fourth-order valence-electron chi connectivity index (χ4n) is 1.63. The number of ether oxygens (including phenoxy) is 1. The van der Waals surface area contributed by atoms with E-state index in [0.29, 0.717) is 0 Å².